The molecule has 3 rings (SSSR count). The van der Waals surface area contributed by atoms with E-state index in [-0.39, 0.29) is 17.6 Å². The summed E-state index contributed by atoms with van der Waals surface area (Å²) in [4.78, 5) is 23.5. The van der Waals surface area contributed by atoms with Crippen LogP contribution in [0.3, 0.4) is 0 Å². The smallest absolute Gasteiger partial charge is 0.169 e. The van der Waals surface area contributed by atoms with Crippen molar-refractivity contribution in [3.8, 4) is 11.1 Å². The number of carbonyl (C=O) groups is 2. The van der Waals surface area contributed by atoms with E-state index in [1.54, 1.807) is 0 Å². The molecule has 0 heterocycles. The van der Waals surface area contributed by atoms with Gasteiger partial charge >= 0.3 is 0 Å². The second-order valence-electron chi connectivity index (χ2n) is 8.95. The summed E-state index contributed by atoms with van der Waals surface area (Å²) in [5.74, 6) is -0.0748. The van der Waals surface area contributed by atoms with Gasteiger partial charge in [0.05, 0.1) is 6.42 Å². The third kappa shape index (κ3) is 5.30. The van der Waals surface area contributed by atoms with Crippen LogP contribution in [0.1, 0.15) is 106 Å². The fraction of sp³-hybridized carbons (Fsp3) is 0.500. The Labute approximate surface area is 201 Å². The number of Topliss-reactive ketones (excluding diaryl/α,β-unsaturated/α-hetero) is 1. The molecule has 0 aromatic heterocycles. The van der Waals surface area contributed by atoms with E-state index in [1.807, 2.05) is 6.07 Å². The molecule has 2 aromatic rings. The number of ketones is 1. The second-order valence-corrected chi connectivity index (χ2v) is 10.2. The zero-order valence-electron chi connectivity index (χ0n) is 19.0. The third-order valence-electron chi connectivity index (χ3n) is 6.83. The van der Waals surface area contributed by atoms with Crippen molar-refractivity contribution < 1.29 is 9.59 Å². The number of carbonyl (C=O) groups excluding carboxylic acids is 2. The van der Waals surface area contributed by atoms with Crippen molar-refractivity contribution in [1.29, 1.82) is 0 Å². The first-order valence-corrected chi connectivity index (χ1v) is 13.1. The normalized spacial score (nSPS) is 13.6. The monoisotopic (exact) mass is 530 g/mol. The number of benzene rings is 2. The van der Waals surface area contributed by atoms with Crippen molar-refractivity contribution in [2.45, 2.75) is 89.9 Å². The Hall–Kier alpha value is -1.49. The minimum absolute atomic E-state index is 0.0230. The maximum atomic E-state index is 12.5. The Morgan fingerprint density at radius 2 is 1.42 bits per heavy atom. The number of hydrogen-bond donors (Lipinski definition) is 0. The van der Waals surface area contributed by atoms with E-state index in [0.717, 1.165) is 19.1 Å². The summed E-state index contributed by atoms with van der Waals surface area (Å²) in [5, 5.41) is 0. The van der Waals surface area contributed by atoms with Gasteiger partial charge in [0.2, 0.25) is 0 Å². The first-order valence-electron chi connectivity index (χ1n) is 12.0. The van der Waals surface area contributed by atoms with Gasteiger partial charge in [-0.15, -0.1) is 0 Å². The molecule has 0 unspecified atom stereocenters. The highest BCUT2D eigenvalue weighted by molar-refractivity contribution is 14.1. The van der Waals surface area contributed by atoms with Crippen LogP contribution in [0.15, 0.2) is 36.4 Å². The molecule has 0 bridgehead atoms. The van der Waals surface area contributed by atoms with Gasteiger partial charge in [0.15, 0.2) is 5.78 Å². The first-order chi connectivity index (χ1) is 15.1. The van der Waals surface area contributed by atoms with Gasteiger partial charge < -0.3 is 4.79 Å². The summed E-state index contributed by atoms with van der Waals surface area (Å²) in [6.45, 7) is 4.52. The van der Waals surface area contributed by atoms with E-state index < -0.39 is 0 Å². The predicted octanol–water partition coefficient (Wildman–Crippen LogP) is 8.27. The number of fused-ring (bicyclic) bond motifs is 3. The van der Waals surface area contributed by atoms with Crippen molar-refractivity contribution in [2.24, 2.45) is 0 Å². The number of aldehydes is 1. The zero-order chi connectivity index (χ0) is 22.3. The van der Waals surface area contributed by atoms with Crippen LogP contribution in [-0.2, 0) is 10.2 Å². The molecule has 0 atom stereocenters. The first kappa shape index (κ1) is 24.2. The molecule has 166 valence electrons. The molecule has 0 amide bonds. The maximum absolute atomic E-state index is 12.5. The molecule has 2 nitrogen and oxygen atoms in total. The number of unbranched alkanes of at least 4 members (excludes halogenated alkanes) is 6. The topological polar surface area (TPSA) is 34.1 Å². The quantitative estimate of drug-likeness (QED) is 0.0859. The van der Waals surface area contributed by atoms with Crippen LogP contribution < -0.4 is 0 Å². The van der Waals surface area contributed by atoms with E-state index in [0.29, 0.717) is 5.56 Å². The lowest BCUT2D eigenvalue weighted by atomic mass is 9.70. The number of halogens is 1. The van der Waals surface area contributed by atoms with Crippen molar-refractivity contribution >= 4 is 34.7 Å². The lowest BCUT2D eigenvalue weighted by Gasteiger charge is -2.33. The highest BCUT2D eigenvalue weighted by Crippen LogP contribution is 2.54. The van der Waals surface area contributed by atoms with E-state index in [4.69, 9.17) is 0 Å². The Balaban J connectivity index is 2.09. The highest BCUT2D eigenvalue weighted by atomic mass is 127. The zero-order valence-corrected chi connectivity index (χ0v) is 21.2. The van der Waals surface area contributed by atoms with Crippen LogP contribution in [0.2, 0.25) is 0 Å². The molecule has 0 fully saturated rings. The summed E-state index contributed by atoms with van der Waals surface area (Å²) >= 11 is 2.43. The second kappa shape index (κ2) is 11.4. The Bertz CT molecular complexity index is 903. The van der Waals surface area contributed by atoms with Crippen LogP contribution in [0.25, 0.3) is 11.1 Å². The summed E-state index contributed by atoms with van der Waals surface area (Å²) in [6.07, 6.45) is 12.9. The molecular weight excluding hydrogens is 495 g/mol. The lowest BCUT2D eigenvalue weighted by molar-refractivity contribution is -0.107. The highest BCUT2D eigenvalue weighted by Gasteiger charge is 2.42. The van der Waals surface area contributed by atoms with Crippen molar-refractivity contribution in [3.63, 3.8) is 0 Å². The number of rotatable bonds is 13. The molecule has 0 saturated heterocycles. The van der Waals surface area contributed by atoms with Gasteiger partial charge in [-0.3, -0.25) is 4.79 Å². The molecule has 1 aliphatic rings. The van der Waals surface area contributed by atoms with Gasteiger partial charge in [-0.25, -0.2) is 0 Å². The molecule has 2 aromatic carbocycles. The summed E-state index contributed by atoms with van der Waals surface area (Å²) in [5.41, 5.74) is 6.03. The third-order valence-corrected chi connectivity index (χ3v) is 7.50. The minimum atomic E-state index is -0.0748. The Morgan fingerprint density at radius 3 is 2.00 bits per heavy atom. The van der Waals surface area contributed by atoms with Crippen molar-refractivity contribution in [3.05, 3.63) is 56.7 Å². The van der Waals surface area contributed by atoms with Crippen LogP contribution in [0.5, 0.6) is 0 Å². The summed E-state index contributed by atoms with van der Waals surface area (Å²) in [7, 11) is 0. The van der Waals surface area contributed by atoms with E-state index in [9.17, 15) is 9.59 Å². The van der Waals surface area contributed by atoms with Crippen LogP contribution in [0, 0.1) is 3.57 Å². The van der Waals surface area contributed by atoms with Gasteiger partial charge in [-0.1, -0.05) is 83.4 Å². The SMILES string of the molecule is CCCCCCC1(CCCCCC)c2cc(I)ccc2-c2ccc(C(=O)CC=O)cc21. The standard InChI is InChI=1S/C28H35IO2/c1-3-5-7-9-16-28(17-10-8-6-4-2)25-19-21(27(31)15-18-30)11-13-23(25)24-14-12-22(29)20-26(24)28/h11-14,18-20H,3-10,15-17H2,1-2H3. The van der Waals surface area contributed by atoms with E-state index in [1.165, 1.54) is 77.2 Å². The van der Waals surface area contributed by atoms with Crippen LogP contribution >= 0.6 is 22.6 Å². The van der Waals surface area contributed by atoms with Crippen molar-refractivity contribution in [2.75, 3.05) is 0 Å². The minimum Gasteiger partial charge on any atom is -0.303 e. The van der Waals surface area contributed by atoms with Crippen molar-refractivity contribution in [1.82, 2.24) is 0 Å². The van der Waals surface area contributed by atoms with Crippen LogP contribution in [0.4, 0.5) is 0 Å². The molecule has 1 aliphatic carbocycles. The fourth-order valence-corrected chi connectivity index (χ4v) is 5.70. The van der Waals surface area contributed by atoms with E-state index in [2.05, 4.69) is 66.8 Å². The Morgan fingerprint density at radius 1 is 0.839 bits per heavy atom. The summed E-state index contributed by atoms with van der Waals surface area (Å²) < 4.78 is 1.27. The fourth-order valence-electron chi connectivity index (χ4n) is 5.21. The molecule has 0 spiro atoms. The summed E-state index contributed by atoms with van der Waals surface area (Å²) in [6, 6.07) is 13.0. The van der Waals surface area contributed by atoms with Gasteiger partial charge in [0.25, 0.3) is 0 Å². The van der Waals surface area contributed by atoms with Crippen LogP contribution in [-0.4, -0.2) is 12.1 Å². The molecule has 0 N–H and O–H groups in total. The largest absolute Gasteiger partial charge is 0.303 e. The molecule has 0 aliphatic heterocycles. The average molecular weight is 530 g/mol. The molecular formula is C28H35IO2. The Kier molecular flexibility index (Phi) is 8.88. The molecule has 0 saturated carbocycles. The maximum Gasteiger partial charge on any atom is 0.169 e. The van der Waals surface area contributed by atoms with Gasteiger partial charge in [-0.2, -0.15) is 0 Å². The molecule has 31 heavy (non-hydrogen) atoms. The molecule has 0 radical (unpaired) electrons. The lowest BCUT2D eigenvalue weighted by Crippen LogP contribution is -2.26. The van der Waals surface area contributed by atoms with Gasteiger partial charge in [-0.05, 0) is 75.9 Å². The average Bonchev–Trinajstić information content (AvgIpc) is 3.03. The van der Waals surface area contributed by atoms with Gasteiger partial charge in [0.1, 0.15) is 6.29 Å². The van der Waals surface area contributed by atoms with E-state index >= 15 is 0 Å². The van der Waals surface area contributed by atoms with Gasteiger partial charge in [0, 0.05) is 14.5 Å². The number of hydrogen-bond acceptors (Lipinski definition) is 2. The predicted molar refractivity (Wildman–Crippen MR) is 138 cm³/mol. The molecule has 3 heteroatoms.